The van der Waals surface area contributed by atoms with Gasteiger partial charge in [-0.2, -0.15) is 0 Å². The van der Waals surface area contributed by atoms with Crippen LogP contribution in [0.5, 0.6) is 5.75 Å². The molecule has 6 heteroatoms. The highest BCUT2D eigenvalue weighted by atomic mass is 16.5. The summed E-state index contributed by atoms with van der Waals surface area (Å²) < 4.78 is 15.6. The van der Waals surface area contributed by atoms with Crippen molar-refractivity contribution in [2.45, 2.75) is 76.5 Å². The lowest BCUT2D eigenvalue weighted by Gasteiger charge is -2.34. The molecule has 2 aromatic carbocycles. The molecule has 202 valence electrons. The van der Waals surface area contributed by atoms with Crippen LogP contribution < -0.4 is 4.74 Å². The number of ether oxygens (including phenoxy) is 2. The molecule has 2 aliphatic heterocycles. The SMILES string of the molecule is CC(C)N(C)C[C@H]1CO[C@]2(COc3ccccc3-c3c(C4CCCCC4)c4ccc(C(=O)O)cc4n3C2)C1. The van der Waals surface area contributed by atoms with Gasteiger partial charge in [-0.25, -0.2) is 4.79 Å². The van der Waals surface area contributed by atoms with E-state index in [1.54, 1.807) is 6.07 Å². The number of aromatic carboxylic acids is 1. The van der Waals surface area contributed by atoms with E-state index < -0.39 is 11.6 Å². The van der Waals surface area contributed by atoms with Crippen molar-refractivity contribution in [3.8, 4) is 17.0 Å². The lowest BCUT2D eigenvalue weighted by molar-refractivity contribution is -0.0430. The predicted molar refractivity (Wildman–Crippen MR) is 150 cm³/mol. The van der Waals surface area contributed by atoms with Crippen LogP contribution in [-0.2, 0) is 11.3 Å². The van der Waals surface area contributed by atoms with Crippen LogP contribution in [0.15, 0.2) is 42.5 Å². The molecule has 1 aromatic heterocycles. The van der Waals surface area contributed by atoms with Gasteiger partial charge in [0.05, 0.1) is 24.4 Å². The summed E-state index contributed by atoms with van der Waals surface area (Å²) in [6, 6.07) is 14.5. The van der Waals surface area contributed by atoms with Crippen molar-refractivity contribution < 1.29 is 19.4 Å². The second-order valence-corrected chi connectivity index (χ2v) is 12.1. The molecule has 2 atom stereocenters. The first-order chi connectivity index (χ1) is 18.3. The van der Waals surface area contributed by atoms with Gasteiger partial charge in [-0.1, -0.05) is 37.5 Å². The van der Waals surface area contributed by atoms with Crippen molar-refractivity contribution in [1.29, 1.82) is 0 Å². The summed E-state index contributed by atoms with van der Waals surface area (Å²) in [5, 5.41) is 11.1. The number of hydrogen-bond acceptors (Lipinski definition) is 4. The monoisotopic (exact) mass is 516 g/mol. The number of aromatic nitrogens is 1. The van der Waals surface area contributed by atoms with Crippen molar-refractivity contribution in [1.82, 2.24) is 9.47 Å². The highest BCUT2D eigenvalue weighted by Gasteiger charge is 2.44. The number of para-hydroxylation sites is 1. The van der Waals surface area contributed by atoms with E-state index in [9.17, 15) is 9.90 Å². The van der Waals surface area contributed by atoms with Crippen LogP contribution >= 0.6 is 0 Å². The highest BCUT2D eigenvalue weighted by Crippen LogP contribution is 2.48. The van der Waals surface area contributed by atoms with Crippen molar-refractivity contribution in [3.63, 3.8) is 0 Å². The summed E-state index contributed by atoms with van der Waals surface area (Å²) in [5.74, 6) is 0.884. The first-order valence-corrected chi connectivity index (χ1v) is 14.3. The fourth-order valence-electron chi connectivity index (χ4n) is 6.98. The zero-order valence-corrected chi connectivity index (χ0v) is 22.9. The standard InChI is InChI=1S/C32H40N2O4/c1-21(2)33(3)17-22-16-32(38-18-22)19-34-27-15-24(31(35)36)13-14-25(27)29(23-9-5-4-6-10-23)30(34)26-11-7-8-12-28(26)37-20-32/h7-8,11-15,21-23H,4-6,9-10,16-20H2,1-3H3,(H,35,36)/t22-,32+/m0/s1. The second-order valence-electron chi connectivity index (χ2n) is 12.1. The number of carboxylic acid groups (broad SMARTS) is 1. The van der Waals surface area contributed by atoms with E-state index in [1.165, 1.54) is 48.7 Å². The first-order valence-electron chi connectivity index (χ1n) is 14.3. The molecule has 3 aliphatic rings. The van der Waals surface area contributed by atoms with Crippen LogP contribution in [0, 0.1) is 5.92 Å². The number of carbonyl (C=O) groups is 1. The molecule has 0 amide bonds. The summed E-state index contributed by atoms with van der Waals surface area (Å²) in [7, 11) is 2.18. The molecule has 0 radical (unpaired) electrons. The van der Waals surface area contributed by atoms with E-state index >= 15 is 0 Å². The van der Waals surface area contributed by atoms with Gasteiger partial charge in [0.2, 0.25) is 0 Å². The maximum Gasteiger partial charge on any atom is 0.335 e. The molecule has 1 saturated carbocycles. The van der Waals surface area contributed by atoms with Crippen molar-refractivity contribution in [2.24, 2.45) is 5.92 Å². The van der Waals surface area contributed by atoms with Crippen molar-refractivity contribution in [2.75, 3.05) is 26.8 Å². The Balaban J connectivity index is 1.53. The number of fused-ring (bicyclic) bond motifs is 5. The smallest absolute Gasteiger partial charge is 0.335 e. The molecule has 3 aromatic rings. The second kappa shape index (κ2) is 10.0. The van der Waals surface area contributed by atoms with Gasteiger partial charge in [-0.15, -0.1) is 0 Å². The van der Waals surface area contributed by atoms with Gasteiger partial charge < -0.3 is 24.0 Å². The summed E-state index contributed by atoms with van der Waals surface area (Å²) >= 11 is 0. The lowest BCUT2D eigenvalue weighted by Crippen LogP contribution is -2.41. The van der Waals surface area contributed by atoms with Gasteiger partial charge in [0.15, 0.2) is 0 Å². The molecule has 1 saturated heterocycles. The minimum absolute atomic E-state index is 0.331. The first kappa shape index (κ1) is 25.4. The third kappa shape index (κ3) is 4.52. The van der Waals surface area contributed by atoms with Crippen LogP contribution in [0.4, 0.5) is 0 Å². The normalized spacial score (nSPS) is 23.9. The third-order valence-electron chi connectivity index (χ3n) is 9.16. The van der Waals surface area contributed by atoms with Gasteiger partial charge >= 0.3 is 5.97 Å². The van der Waals surface area contributed by atoms with Gasteiger partial charge in [0, 0.05) is 29.1 Å². The maximum absolute atomic E-state index is 12.0. The number of carboxylic acids is 1. The quantitative estimate of drug-likeness (QED) is 0.416. The Hall–Kier alpha value is -2.83. The average Bonchev–Trinajstić information content (AvgIpc) is 3.45. The zero-order chi connectivity index (χ0) is 26.4. The number of benzene rings is 2. The Kier molecular flexibility index (Phi) is 6.73. The van der Waals surface area contributed by atoms with E-state index in [0.29, 0.717) is 43.2 Å². The Morgan fingerprint density at radius 3 is 2.71 bits per heavy atom. The number of nitrogens with zero attached hydrogens (tertiary/aromatic N) is 2. The third-order valence-corrected chi connectivity index (χ3v) is 9.16. The van der Waals surface area contributed by atoms with E-state index in [-0.39, 0.29) is 0 Å². The molecule has 0 unspecified atom stereocenters. The van der Waals surface area contributed by atoms with Crippen molar-refractivity contribution >= 4 is 16.9 Å². The number of hydrogen-bond donors (Lipinski definition) is 1. The minimum Gasteiger partial charge on any atom is -0.490 e. The molecule has 3 heterocycles. The predicted octanol–water partition coefficient (Wildman–Crippen LogP) is 6.56. The molecule has 38 heavy (non-hydrogen) atoms. The van der Waals surface area contributed by atoms with Gasteiger partial charge in [-0.05, 0) is 81.8 Å². The summed E-state index contributed by atoms with van der Waals surface area (Å²) in [4.78, 5) is 14.4. The molecule has 1 spiro atoms. The fraction of sp³-hybridized carbons (Fsp3) is 0.531. The van der Waals surface area contributed by atoms with E-state index in [1.807, 2.05) is 18.2 Å². The summed E-state index contributed by atoms with van der Waals surface area (Å²) in [5.41, 5.74) is 4.53. The van der Waals surface area contributed by atoms with Crippen molar-refractivity contribution in [3.05, 3.63) is 53.6 Å². The molecule has 6 nitrogen and oxygen atoms in total. The van der Waals surface area contributed by atoms with E-state index in [2.05, 4.69) is 48.6 Å². The summed E-state index contributed by atoms with van der Waals surface area (Å²) in [6.45, 7) is 7.31. The van der Waals surface area contributed by atoms with Crippen LogP contribution in [0.2, 0.25) is 0 Å². The Morgan fingerprint density at radius 2 is 1.95 bits per heavy atom. The Bertz CT molecular complexity index is 1340. The Labute approximate surface area is 225 Å². The van der Waals surface area contributed by atoms with E-state index in [0.717, 1.165) is 29.8 Å². The van der Waals surface area contributed by atoms with Crippen LogP contribution in [0.3, 0.4) is 0 Å². The molecule has 2 fully saturated rings. The maximum atomic E-state index is 12.0. The number of rotatable bonds is 5. The van der Waals surface area contributed by atoms with Gasteiger partial charge in [0.1, 0.15) is 18.0 Å². The highest BCUT2D eigenvalue weighted by molar-refractivity contribution is 5.98. The molecular weight excluding hydrogens is 476 g/mol. The molecular formula is C32H40N2O4. The van der Waals surface area contributed by atoms with E-state index in [4.69, 9.17) is 9.47 Å². The van der Waals surface area contributed by atoms with Gasteiger partial charge in [-0.3, -0.25) is 0 Å². The van der Waals surface area contributed by atoms with Crippen LogP contribution in [0.1, 0.15) is 74.2 Å². The lowest BCUT2D eigenvalue weighted by atomic mass is 9.81. The Morgan fingerprint density at radius 1 is 1.16 bits per heavy atom. The van der Waals surface area contributed by atoms with Gasteiger partial charge in [0.25, 0.3) is 0 Å². The molecule has 1 aliphatic carbocycles. The molecule has 1 N–H and O–H groups in total. The average molecular weight is 517 g/mol. The fourth-order valence-corrected chi connectivity index (χ4v) is 6.98. The zero-order valence-electron chi connectivity index (χ0n) is 22.9. The molecule has 6 rings (SSSR count). The largest absolute Gasteiger partial charge is 0.490 e. The van der Waals surface area contributed by atoms with Crippen LogP contribution in [0.25, 0.3) is 22.2 Å². The molecule has 0 bridgehead atoms. The van der Waals surface area contributed by atoms with Crippen LogP contribution in [-0.4, -0.2) is 59.0 Å². The minimum atomic E-state index is -0.889. The summed E-state index contributed by atoms with van der Waals surface area (Å²) in [6.07, 6.45) is 7.02. The topological polar surface area (TPSA) is 63.9 Å².